The van der Waals surface area contributed by atoms with Gasteiger partial charge in [-0.15, -0.1) is 0 Å². The molecule has 0 saturated carbocycles. The predicted octanol–water partition coefficient (Wildman–Crippen LogP) is 0.565. The van der Waals surface area contributed by atoms with E-state index in [4.69, 9.17) is 9.52 Å². The number of urea groups is 1. The van der Waals surface area contributed by atoms with Crippen molar-refractivity contribution < 1.29 is 23.9 Å². The number of carboxylic acids is 1. The van der Waals surface area contributed by atoms with Crippen molar-refractivity contribution in [3.8, 4) is 0 Å². The minimum absolute atomic E-state index is 0.0568. The Kier molecular flexibility index (Phi) is 3.31. The monoisotopic (exact) mass is 252 g/mol. The number of amides is 3. The molecule has 2 heterocycles. The Morgan fingerprint density at radius 2 is 2.28 bits per heavy atom. The highest BCUT2D eigenvalue weighted by Gasteiger charge is 2.38. The molecule has 1 atom stereocenters. The van der Waals surface area contributed by atoms with E-state index in [-0.39, 0.29) is 19.4 Å². The number of carboxylic acid groups (broad SMARTS) is 1. The number of nitrogens with one attached hydrogen (secondary N) is 1. The number of hydrogen-bond donors (Lipinski definition) is 2. The molecule has 7 nitrogen and oxygen atoms in total. The molecule has 2 N–H and O–H groups in total. The first-order valence-electron chi connectivity index (χ1n) is 5.44. The molecule has 1 aromatic rings. The van der Waals surface area contributed by atoms with Crippen molar-refractivity contribution in [3.63, 3.8) is 0 Å². The van der Waals surface area contributed by atoms with E-state index >= 15 is 0 Å². The predicted molar refractivity (Wildman–Crippen MR) is 58.4 cm³/mol. The third-order valence-electron chi connectivity index (χ3n) is 2.65. The first-order valence-corrected chi connectivity index (χ1v) is 5.44. The van der Waals surface area contributed by atoms with E-state index < -0.39 is 23.9 Å². The van der Waals surface area contributed by atoms with E-state index in [9.17, 15) is 14.4 Å². The molecule has 0 aromatic carbocycles. The van der Waals surface area contributed by atoms with Crippen LogP contribution in [0.3, 0.4) is 0 Å². The van der Waals surface area contributed by atoms with Crippen LogP contribution in [0.5, 0.6) is 0 Å². The molecule has 0 radical (unpaired) electrons. The molecular formula is C11H12N2O5. The van der Waals surface area contributed by atoms with Gasteiger partial charge in [0, 0.05) is 6.42 Å². The number of carbonyl (C=O) groups is 3. The Morgan fingerprint density at radius 1 is 1.50 bits per heavy atom. The maximum absolute atomic E-state index is 11.9. The van der Waals surface area contributed by atoms with Crippen LogP contribution in [0, 0.1) is 0 Å². The summed E-state index contributed by atoms with van der Waals surface area (Å²) in [7, 11) is 0. The molecule has 1 aliphatic heterocycles. The highest BCUT2D eigenvalue weighted by Crippen LogP contribution is 2.15. The van der Waals surface area contributed by atoms with Crippen LogP contribution in [0.1, 0.15) is 18.6 Å². The number of hydrogen-bond acceptors (Lipinski definition) is 4. The summed E-state index contributed by atoms with van der Waals surface area (Å²) in [6, 6.07) is 2.04. The lowest BCUT2D eigenvalue weighted by Gasteiger charge is -2.10. The maximum Gasteiger partial charge on any atom is 0.325 e. The zero-order chi connectivity index (χ0) is 13.1. The lowest BCUT2D eigenvalue weighted by atomic mass is 10.1. The molecule has 3 amide bonds. The fraction of sp³-hybridized carbons (Fsp3) is 0.364. The number of rotatable bonds is 5. The van der Waals surface area contributed by atoms with Crippen LogP contribution in [-0.4, -0.2) is 34.0 Å². The van der Waals surface area contributed by atoms with Crippen LogP contribution < -0.4 is 5.32 Å². The van der Waals surface area contributed by atoms with Crippen LogP contribution in [0.25, 0.3) is 0 Å². The molecule has 1 fully saturated rings. The number of nitrogens with zero attached hydrogens (tertiary/aromatic N) is 1. The average Bonchev–Trinajstić information content (AvgIpc) is 2.90. The van der Waals surface area contributed by atoms with Crippen molar-refractivity contribution >= 4 is 17.9 Å². The van der Waals surface area contributed by atoms with Crippen LogP contribution in [0.2, 0.25) is 0 Å². The lowest BCUT2D eigenvalue weighted by Crippen LogP contribution is -2.31. The van der Waals surface area contributed by atoms with Crippen molar-refractivity contribution in [2.75, 3.05) is 0 Å². The maximum atomic E-state index is 11.9. The van der Waals surface area contributed by atoms with Crippen LogP contribution >= 0.6 is 0 Å². The fourth-order valence-corrected chi connectivity index (χ4v) is 1.75. The number of carbonyl (C=O) groups excluding carboxylic acids is 2. The summed E-state index contributed by atoms with van der Waals surface area (Å²) in [4.78, 5) is 34.9. The van der Waals surface area contributed by atoms with Crippen LogP contribution in [0.15, 0.2) is 22.8 Å². The van der Waals surface area contributed by atoms with Gasteiger partial charge < -0.3 is 14.8 Å². The van der Waals surface area contributed by atoms with Gasteiger partial charge in [-0.2, -0.15) is 0 Å². The normalized spacial score (nSPS) is 19.1. The third kappa shape index (κ3) is 2.50. The third-order valence-corrected chi connectivity index (χ3v) is 2.65. The Balaban J connectivity index is 1.98. The second kappa shape index (κ2) is 4.91. The van der Waals surface area contributed by atoms with E-state index in [1.165, 1.54) is 6.26 Å². The van der Waals surface area contributed by atoms with Gasteiger partial charge in [0.2, 0.25) is 0 Å². The van der Waals surface area contributed by atoms with Gasteiger partial charge in [-0.05, 0) is 18.6 Å². The second-order valence-electron chi connectivity index (χ2n) is 3.94. The minimum Gasteiger partial charge on any atom is -0.481 e. The zero-order valence-corrected chi connectivity index (χ0v) is 9.46. The average molecular weight is 252 g/mol. The van der Waals surface area contributed by atoms with Gasteiger partial charge in [0.25, 0.3) is 5.91 Å². The first-order chi connectivity index (χ1) is 8.58. The quantitative estimate of drug-likeness (QED) is 0.746. The van der Waals surface area contributed by atoms with Gasteiger partial charge in [-0.1, -0.05) is 0 Å². The minimum atomic E-state index is -0.999. The van der Waals surface area contributed by atoms with Crippen LogP contribution in [0.4, 0.5) is 4.79 Å². The van der Waals surface area contributed by atoms with Crippen molar-refractivity contribution in [2.45, 2.75) is 25.4 Å². The number of aliphatic carboxylic acids is 1. The van der Waals surface area contributed by atoms with Gasteiger partial charge in [-0.3, -0.25) is 14.5 Å². The lowest BCUT2D eigenvalue weighted by molar-refractivity contribution is -0.137. The summed E-state index contributed by atoms with van der Waals surface area (Å²) in [5.74, 6) is -0.920. The van der Waals surface area contributed by atoms with Crippen molar-refractivity contribution in [1.29, 1.82) is 0 Å². The zero-order valence-electron chi connectivity index (χ0n) is 9.46. The number of furan rings is 1. The highest BCUT2D eigenvalue weighted by molar-refractivity contribution is 6.04. The molecule has 1 saturated heterocycles. The summed E-state index contributed by atoms with van der Waals surface area (Å²) < 4.78 is 5.06. The van der Waals surface area contributed by atoms with Crippen molar-refractivity contribution in [1.82, 2.24) is 10.2 Å². The first kappa shape index (κ1) is 12.2. The summed E-state index contributed by atoms with van der Waals surface area (Å²) in [6.45, 7) is 0.0568. The second-order valence-corrected chi connectivity index (χ2v) is 3.94. The molecule has 2 rings (SSSR count). The molecule has 7 heteroatoms. The molecule has 0 bridgehead atoms. The largest absolute Gasteiger partial charge is 0.481 e. The van der Waals surface area contributed by atoms with Crippen molar-refractivity contribution in [2.24, 2.45) is 0 Å². The molecule has 1 aliphatic rings. The summed E-state index contributed by atoms with van der Waals surface area (Å²) in [6.07, 6.45) is 1.38. The smallest absolute Gasteiger partial charge is 0.325 e. The highest BCUT2D eigenvalue weighted by atomic mass is 16.4. The Morgan fingerprint density at radius 3 is 2.89 bits per heavy atom. The molecule has 18 heavy (non-hydrogen) atoms. The van der Waals surface area contributed by atoms with E-state index in [0.717, 1.165) is 4.90 Å². The van der Waals surface area contributed by atoms with Crippen molar-refractivity contribution in [3.05, 3.63) is 24.2 Å². The van der Waals surface area contributed by atoms with E-state index in [2.05, 4.69) is 5.32 Å². The Hall–Kier alpha value is -2.31. The fourth-order valence-electron chi connectivity index (χ4n) is 1.75. The molecule has 96 valence electrons. The van der Waals surface area contributed by atoms with Gasteiger partial charge in [0.15, 0.2) is 0 Å². The summed E-state index contributed by atoms with van der Waals surface area (Å²) in [5, 5.41) is 11.0. The van der Waals surface area contributed by atoms with Gasteiger partial charge in [0.05, 0.1) is 12.8 Å². The van der Waals surface area contributed by atoms with Crippen LogP contribution in [-0.2, 0) is 16.1 Å². The molecule has 0 spiro atoms. The SMILES string of the molecule is O=C(O)CC[C@H]1NC(=O)N(Cc2ccco2)C1=O. The summed E-state index contributed by atoms with van der Waals surface area (Å²) >= 11 is 0. The Labute approximate surface area is 102 Å². The standard InChI is InChI=1S/C11H12N2O5/c14-9(15)4-3-8-10(16)13(11(17)12-8)6-7-2-1-5-18-7/h1-2,5,8H,3-4,6H2,(H,12,17)(H,14,15)/t8-/m1/s1. The van der Waals surface area contributed by atoms with E-state index in [1.807, 2.05) is 0 Å². The van der Waals surface area contributed by atoms with E-state index in [1.54, 1.807) is 12.1 Å². The van der Waals surface area contributed by atoms with Gasteiger partial charge in [0.1, 0.15) is 11.8 Å². The topological polar surface area (TPSA) is 99.8 Å². The van der Waals surface area contributed by atoms with E-state index in [0.29, 0.717) is 5.76 Å². The molecular weight excluding hydrogens is 240 g/mol. The molecule has 0 aliphatic carbocycles. The number of imide groups is 1. The molecule has 0 unspecified atom stereocenters. The van der Waals surface area contributed by atoms with Gasteiger partial charge in [-0.25, -0.2) is 4.79 Å². The molecule has 1 aromatic heterocycles. The van der Waals surface area contributed by atoms with Gasteiger partial charge >= 0.3 is 12.0 Å². The summed E-state index contributed by atoms with van der Waals surface area (Å²) in [5.41, 5.74) is 0. The Bertz CT molecular complexity index is 468.